The van der Waals surface area contributed by atoms with Crippen LogP contribution in [-0.2, 0) is 13.0 Å². The zero-order valence-electron chi connectivity index (χ0n) is 14.4. The third-order valence-electron chi connectivity index (χ3n) is 4.57. The number of nitrogen functional groups attached to an aromatic ring is 1. The lowest BCUT2D eigenvalue weighted by Crippen LogP contribution is -2.07. The van der Waals surface area contributed by atoms with Crippen molar-refractivity contribution in [1.82, 2.24) is 14.7 Å². The second kappa shape index (κ2) is 6.09. The Balaban J connectivity index is 1.79. The number of aryl methyl sites for hydroxylation is 2. The SMILES string of the molecule is Cc1noc(C)c1Cn1c(Cc2ccc(N)cc2)nc2ccccc21. The third-order valence-corrected chi connectivity index (χ3v) is 4.57. The van der Waals surface area contributed by atoms with Crippen molar-refractivity contribution < 1.29 is 4.52 Å². The summed E-state index contributed by atoms with van der Waals surface area (Å²) in [5.74, 6) is 1.87. The normalized spacial score (nSPS) is 11.3. The number of nitrogens with zero attached hydrogens (tertiary/aromatic N) is 3. The predicted octanol–water partition coefficient (Wildman–Crippen LogP) is 3.86. The van der Waals surface area contributed by atoms with E-state index in [-0.39, 0.29) is 0 Å². The molecular formula is C20H20N4O. The van der Waals surface area contributed by atoms with Crippen LogP contribution in [0.25, 0.3) is 11.0 Å². The van der Waals surface area contributed by atoms with Crippen molar-refractivity contribution in [2.45, 2.75) is 26.8 Å². The van der Waals surface area contributed by atoms with Gasteiger partial charge in [-0.15, -0.1) is 0 Å². The average Bonchev–Trinajstić information content (AvgIpc) is 3.12. The predicted molar refractivity (Wildman–Crippen MR) is 98.5 cm³/mol. The molecule has 2 aromatic heterocycles. The van der Waals surface area contributed by atoms with Gasteiger partial charge >= 0.3 is 0 Å². The van der Waals surface area contributed by atoms with E-state index < -0.39 is 0 Å². The zero-order chi connectivity index (χ0) is 17.4. The first kappa shape index (κ1) is 15.4. The standard InChI is InChI=1S/C20H20N4O/c1-13-17(14(2)25-23-13)12-24-19-6-4-3-5-18(19)22-20(24)11-15-7-9-16(21)10-8-15/h3-10H,11-12,21H2,1-2H3. The van der Waals surface area contributed by atoms with E-state index in [0.29, 0.717) is 6.54 Å². The van der Waals surface area contributed by atoms with Crippen LogP contribution in [0.4, 0.5) is 5.69 Å². The van der Waals surface area contributed by atoms with Crippen molar-refractivity contribution in [2.24, 2.45) is 0 Å². The van der Waals surface area contributed by atoms with Crippen molar-refractivity contribution >= 4 is 16.7 Å². The molecule has 5 nitrogen and oxygen atoms in total. The summed E-state index contributed by atoms with van der Waals surface area (Å²) in [5, 5.41) is 4.08. The molecule has 0 spiro atoms. The van der Waals surface area contributed by atoms with Crippen molar-refractivity contribution in [1.29, 1.82) is 0 Å². The van der Waals surface area contributed by atoms with Crippen molar-refractivity contribution in [3.05, 3.63) is 76.9 Å². The molecule has 2 heterocycles. The maximum absolute atomic E-state index is 5.80. The summed E-state index contributed by atoms with van der Waals surface area (Å²) in [6.07, 6.45) is 0.748. The fourth-order valence-electron chi connectivity index (χ4n) is 3.14. The van der Waals surface area contributed by atoms with E-state index in [4.69, 9.17) is 15.2 Å². The summed E-state index contributed by atoms with van der Waals surface area (Å²) in [6, 6.07) is 16.2. The Morgan fingerprint density at radius 1 is 1.04 bits per heavy atom. The first-order valence-electron chi connectivity index (χ1n) is 8.32. The van der Waals surface area contributed by atoms with Gasteiger partial charge in [0.2, 0.25) is 0 Å². The lowest BCUT2D eigenvalue weighted by molar-refractivity contribution is 0.392. The van der Waals surface area contributed by atoms with Crippen LogP contribution in [0, 0.1) is 13.8 Å². The van der Waals surface area contributed by atoms with Gasteiger partial charge in [0.25, 0.3) is 0 Å². The molecule has 0 fully saturated rings. The molecule has 2 aromatic carbocycles. The highest BCUT2D eigenvalue weighted by Crippen LogP contribution is 2.23. The second-order valence-electron chi connectivity index (χ2n) is 6.32. The van der Waals surface area contributed by atoms with Crippen molar-refractivity contribution in [3.63, 3.8) is 0 Å². The van der Waals surface area contributed by atoms with Gasteiger partial charge in [0, 0.05) is 17.7 Å². The number of hydrogen-bond acceptors (Lipinski definition) is 4. The molecule has 0 saturated carbocycles. The highest BCUT2D eigenvalue weighted by atomic mass is 16.5. The van der Waals surface area contributed by atoms with Gasteiger partial charge in [0.15, 0.2) is 0 Å². The number of benzene rings is 2. The molecular weight excluding hydrogens is 312 g/mol. The van der Waals surface area contributed by atoms with E-state index in [1.807, 2.05) is 44.2 Å². The van der Waals surface area contributed by atoms with Gasteiger partial charge in [-0.1, -0.05) is 29.4 Å². The Kier molecular flexibility index (Phi) is 3.76. The second-order valence-corrected chi connectivity index (χ2v) is 6.32. The molecule has 0 saturated heterocycles. The smallest absolute Gasteiger partial charge is 0.138 e. The summed E-state index contributed by atoms with van der Waals surface area (Å²) in [6.45, 7) is 4.63. The average molecular weight is 332 g/mol. The number of rotatable bonds is 4. The summed E-state index contributed by atoms with van der Waals surface area (Å²) < 4.78 is 7.58. The molecule has 0 aliphatic heterocycles. The molecule has 0 bridgehead atoms. The van der Waals surface area contributed by atoms with E-state index in [0.717, 1.165) is 46.0 Å². The first-order valence-corrected chi connectivity index (χ1v) is 8.32. The highest BCUT2D eigenvalue weighted by Gasteiger charge is 2.16. The minimum absolute atomic E-state index is 0.700. The number of aromatic nitrogens is 3. The summed E-state index contributed by atoms with van der Waals surface area (Å²) in [7, 11) is 0. The Bertz CT molecular complexity index is 1010. The van der Waals surface area contributed by atoms with Gasteiger partial charge in [-0.2, -0.15) is 0 Å². The quantitative estimate of drug-likeness (QED) is 0.576. The Labute approximate surface area is 146 Å². The monoisotopic (exact) mass is 332 g/mol. The van der Waals surface area contributed by atoms with Gasteiger partial charge in [0.05, 0.1) is 23.3 Å². The number of hydrogen-bond donors (Lipinski definition) is 1. The molecule has 0 amide bonds. The number of fused-ring (bicyclic) bond motifs is 1. The molecule has 0 aliphatic carbocycles. The topological polar surface area (TPSA) is 69.9 Å². The minimum atomic E-state index is 0.700. The van der Waals surface area contributed by atoms with E-state index >= 15 is 0 Å². The first-order chi connectivity index (χ1) is 12.1. The molecule has 0 radical (unpaired) electrons. The number of anilines is 1. The van der Waals surface area contributed by atoms with E-state index in [9.17, 15) is 0 Å². The van der Waals surface area contributed by atoms with Gasteiger partial charge in [-0.3, -0.25) is 0 Å². The van der Waals surface area contributed by atoms with Crippen LogP contribution in [0.1, 0.15) is 28.4 Å². The molecule has 25 heavy (non-hydrogen) atoms. The van der Waals surface area contributed by atoms with Gasteiger partial charge < -0.3 is 14.8 Å². The van der Waals surface area contributed by atoms with E-state index in [1.54, 1.807) is 0 Å². The third kappa shape index (κ3) is 2.89. The lowest BCUT2D eigenvalue weighted by Gasteiger charge is -2.09. The molecule has 126 valence electrons. The maximum Gasteiger partial charge on any atom is 0.138 e. The zero-order valence-corrected chi connectivity index (χ0v) is 14.4. The summed E-state index contributed by atoms with van der Waals surface area (Å²) >= 11 is 0. The number of imidazole rings is 1. The minimum Gasteiger partial charge on any atom is -0.399 e. The van der Waals surface area contributed by atoms with Crippen LogP contribution in [0.5, 0.6) is 0 Å². The Morgan fingerprint density at radius 2 is 1.80 bits per heavy atom. The summed E-state index contributed by atoms with van der Waals surface area (Å²) in [5.41, 5.74) is 11.9. The van der Waals surface area contributed by atoms with Crippen LogP contribution in [0.15, 0.2) is 53.1 Å². The lowest BCUT2D eigenvalue weighted by atomic mass is 10.1. The van der Waals surface area contributed by atoms with Crippen molar-refractivity contribution in [2.75, 3.05) is 5.73 Å². The Hall–Kier alpha value is -3.08. The van der Waals surface area contributed by atoms with Gasteiger partial charge in [-0.05, 0) is 43.7 Å². The fourth-order valence-corrected chi connectivity index (χ4v) is 3.14. The molecule has 0 unspecified atom stereocenters. The highest BCUT2D eigenvalue weighted by molar-refractivity contribution is 5.76. The van der Waals surface area contributed by atoms with Crippen LogP contribution in [-0.4, -0.2) is 14.7 Å². The van der Waals surface area contributed by atoms with Crippen LogP contribution in [0.2, 0.25) is 0 Å². The molecule has 4 aromatic rings. The molecule has 0 aliphatic rings. The molecule has 2 N–H and O–H groups in total. The molecule has 0 atom stereocenters. The number of para-hydroxylation sites is 2. The molecule has 5 heteroatoms. The fraction of sp³-hybridized carbons (Fsp3) is 0.200. The van der Waals surface area contributed by atoms with Crippen LogP contribution >= 0.6 is 0 Å². The van der Waals surface area contributed by atoms with Gasteiger partial charge in [-0.25, -0.2) is 4.98 Å². The Morgan fingerprint density at radius 3 is 2.52 bits per heavy atom. The number of nitrogens with two attached hydrogens (primary N) is 1. The van der Waals surface area contributed by atoms with Crippen LogP contribution < -0.4 is 5.73 Å². The largest absolute Gasteiger partial charge is 0.399 e. The van der Waals surface area contributed by atoms with E-state index in [1.165, 1.54) is 5.56 Å². The van der Waals surface area contributed by atoms with Crippen molar-refractivity contribution in [3.8, 4) is 0 Å². The maximum atomic E-state index is 5.80. The molecule has 4 rings (SSSR count). The summed E-state index contributed by atoms with van der Waals surface area (Å²) in [4.78, 5) is 4.85. The van der Waals surface area contributed by atoms with Crippen LogP contribution in [0.3, 0.4) is 0 Å². The van der Waals surface area contributed by atoms with Gasteiger partial charge in [0.1, 0.15) is 11.6 Å². The van der Waals surface area contributed by atoms with E-state index in [2.05, 4.69) is 27.9 Å².